The van der Waals surface area contributed by atoms with Gasteiger partial charge in [-0.05, 0) is 50.3 Å². The first-order valence-corrected chi connectivity index (χ1v) is 9.67. The van der Waals surface area contributed by atoms with E-state index in [2.05, 4.69) is 15.6 Å². The number of hydrogen-bond acceptors (Lipinski definition) is 4. The summed E-state index contributed by atoms with van der Waals surface area (Å²) < 4.78 is 39.0. The highest BCUT2D eigenvalue weighted by Gasteiger charge is 2.22. The van der Waals surface area contributed by atoms with Gasteiger partial charge in [0.1, 0.15) is 11.6 Å². The molecule has 0 saturated heterocycles. The highest BCUT2D eigenvalue weighted by molar-refractivity contribution is 14.0. The zero-order valence-corrected chi connectivity index (χ0v) is 20.9. The Kier molecular flexibility index (Phi) is 11.5. The normalized spacial score (nSPS) is 12.2. The van der Waals surface area contributed by atoms with E-state index in [1.165, 1.54) is 18.2 Å². The molecule has 1 atom stereocenters. The van der Waals surface area contributed by atoms with Gasteiger partial charge in [0.25, 0.3) is 0 Å². The van der Waals surface area contributed by atoms with Crippen molar-refractivity contribution in [3.63, 3.8) is 0 Å². The summed E-state index contributed by atoms with van der Waals surface area (Å²) >= 11 is 0. The molecule has 0 amide bonds. The molecule has 172 valence electrons. The predicted octanol–water partition coefficient (Wildman–Crippen LogP) is 3.61. The van der Waals surface area contributed by atoms with Gasteiger partial charge in [-0.3, -0.25) is 4.99 Å². The number of guanidine groups is 1. The van der Waals surface area contributed by atoms with E-state index in [-0.39, 0.29) is 29.5 Å². The Hall–Kier alpha value is -2.14. The van der Waals surface area contributed by atoms with Crippen molar-refractivity contribution in [3.05, 3.63) is 59.2 Å². The molecule has 0 saturated carbocycles. The van der Waals surface area contributed by atoms with Crippen molar-refractivity contribution >= 4 is 29.9 Å². The molecule has 0 aliphatic rings. The minimum atomic E-state index is -0.563. The summed E-state index contributed by atoms with van der Waals surface area (Å²) in [4.78, 5) is 5.96. The highest BCUT2D eigenvalue weighted by atomic mass is 127. The maximum absolute atomic E-state index is 14.2. The van der Waals surface area contributed by atoms with Gasteiger partial charge in [0.2, 0.25) is 0 Å². The number of methoxy groups -OCH3 is 2. The lowest BCUT2D eigenvalue weighted by Gasteiger charge is -2.26. The largest absolute Gasteiger partial charge is 0.493 e. The van der Waals surface area contributed by atoms with Gasteiger partial charge < -0.3 is 25.0 Å². The molecule has 0 aliphatic carbocycles. The van der Waals surface area contributed by atoms with Crippen LogP contribution in [-0.4, -0.2) is 59.3 Å². The van der Waals surface area contributed by atoms with Crippen LogP contribution in [0.3, 0.4) is 0 Å². The van der Waals surface area contributed by atoms with Crippen molar-refractivity contribution in [2.75, 3.05) is 48.5 Å². The first kappa shape index (κ1) is 26.9. The van der Waals surface area contributed by atoms with Crippen LogP contribution in [0.25, 0.3) is 0 Å². The minimum Gasteiger partial charge on any atom is -0.493 e. The van der Waals surface area contributed by atoms with Crippen LogP contribution >= 0.6 is 24.0 Å². The molecule has 2 rings (SSSR count). The first-order valence-electron chi connectivity index (χ1n) is 9.67. The average Bonchev–Trinajstić information content (AvgIpc) is 2.73. The molecule has 0 fully saturated rings. The molecule has 0 heterocycles. The SMILES string of the molecule is CN=C(NCCc1ccc(OC)c(OC)c1)NCC(c1c(F)cccc1F)N(C)C.I. The van der Waals surface area contributed by atoms with E-state index in [1.54, 1.807) is 40.3 Å². The quantitative estimate of drug-likeness (QED) is 0.285. The Morgan fingerprint density at radius 1 is 1.03 bits per heavy atom. The van der Waals surface area contributed by atoms with E-state index in [0.29, 0.717) is 30.5 Å². The van der Waals surface area contributed by atoms with Crippen LogP contribution in [0.1, 0.15) is 17.2 Å². The maximum atomic E-state index is 14.2. The molecule has 0 radical (unpaired) electrons. The van der Waals surface area contributed by atoms with Gasteiger partial charge in [-0.2, -0.15) is 0 Å². The van der Waals surface area contributed by atoms with Gasteiger partial charge in [-0.25, -0.2) is 8.78 Å². The average molecular weight is 548 g/mol. The second kappa shape index (κ2) is 13.3. The summed E-state index contributed by atoms with van der Waals surface area (Å²) in [6, 6.07) is 9.18. The molecule has 0 aliphatic heterocycles. The van der Waals surface area contributed by atoms with E-state index < -0.39 is 17.7 Å². The number of nitrogens with one attached hydrogen (secondary N) is 2. The van der Waals surface area contributed by atoms with Crippen LogP contribution in [0.4, 0.5) is 8.78 Å². The molecule has 0 aromatic heterocycles. The Balaban J connectivity index is 0.00000480. The molecule has 1 unspecified atom stereocenters. The Labute approximate surface area is 200 Å². The van der Waals surface area contributed by atoms with Crippen molar-refractivity contribution in [2.45, 2.75) is 12.5 Å². The third-order valence-electron chi connectivity index (χ3n) is 4.80. The number of aliphatic imine (C=N–C) groups is 1. The smallest absolute Gasteiger partial charge is 0.191 e. The molecule has 0 bridgehead atoms. The van der Waals surface area contributed by atoms with Gasteiger partial charge >= 0.3 is 0 Å². The third kappa shape index (κ3) is 7.49. The molecule has 0 spiro atoms. The second-order valence-corrected chi connectivity index (χ2v) is 6.93. The third-order valence-corrected chi connectivity index (χ3v) is 4.80. The molecular formula is C22H31F2IN4O2. The standard InChI is InChI=1S/C22H30F2N4O2.HI/c1-25-22(26-12-11-15-9-10-19(29-4)20(13-15)30-5)27-14-18(28(2)3)21-16(23)7-6-8-17(21)24;/h6-10,13,18H,11-12,14H2,1-5H3,(H2,25,26,27);1H. The lowest BCUT2D eigenvalue weighted by molar-refractivity contribution is 0.282. The van der Waals surface area contributed by atoms with Gasteiger partial charge in [-0.1, -0.05) is 12.1 Å². The number of halogens is 3. The second-order valence-electron chi connectivity index (χ2n) is 6.93. The van der Waals surface area contributed by atoms with Crippen molar-refractivity contribution in [2.24, 2.45) is 4.99 Å². The van der Waals surface area contributed by atoms with Crippen molar-refractivity contribution in [3.8, 4) is 11.5 Å². The molecule has 31 heavy (non-hydrogen) atoms. The van der Waals surface area contributed by atoms with Crippen LogP contribution in [-0.2, 0) is 6.42 Å². The van der Waals surface area contributed by atoms with Crippen molar-refractivity contribution < 1.29 is 18.3 Å². The number of benzene rings is 2. The number of rotatable bonds is 9. The number of hydrogen-bond donors (Lipinski definition) is 2. The fourth-order valence-electron chi connectivity index (χ4n) is 3.15. The Bertz CT molecular complexity index is 845. The lowest BCUT2D eigenvalue weighted by atomic mass is 10.0. The van der Waals surface area contributed by atoms with Crippen LogP contribution in [0, 0.1) is 11.6 Å². The summed E-state index contributed by atoms with van der Waals surface area (Å²) in [6.45, 7) is 0.913. The zero-order valence-electron chi connectivity index (χ0n) is 18.5. The summed E-state index contributed by atoms with van der Waals surface area (Å²) in [5, 5.41) is 6.37. The highest BCUT2D eigenvalue weighted by Crippen LogP contribution is 2.27. The Morgan fingerprint density at radius 3 is 2.23 bits per heavy atom. The van der Waals surface area contributed by atoms with E-state index in [1.807, 2.05) is 18.2 Å². The fourth-order valence-corrected chi connectivity index (χ4v) is 3.15. The Morgan fingerprint density at radius 2 is 1.68 bits per heavy atom. The summed E-state index contributed by atoms with van der Waals surface area (Å²) in [6.07, 6.45) is 0.736. The predicted molar refractivity (Wildman–Crippen MR) is 131 cm³/mol. The number of likely N-dealkylation sites (N-methyl/N-ethyl adjacent to an activating group) is 1. The van der Waals surface area contributed by atoms with Gasteiger partial charge in [0.15, 0.2) is 17.5 Å². The molecule has 6 nitrogen and oxygen atoms in total. The number of nitrogens with zero attached hydrogens (tertiary/aromatic N) is 2. The van der Waals surface area contributed by atoms with Gasteiger partial charge in [0.05, 0.1) is 20.3 Å². The van der Waals surface area contributed by atoms with Crippen LogP contribution in [0.5, 0.6) is 11.5 Å². The van der Waals surface area contributed by atoms with Crippen LogP contribution < -0.4 is 20.1 Å². The lowest BCUT2D eigenvalue weighted by Crippen LogP contribution is -2.42. The molecule has 9 heteroatoms. The fraction of sp³-hybridized carbons (Fsp3) is 0.409. The van der Waals surface area contributed by atoms with Gasteiger partial charge in [0, 0.05) is 25.7 Å². The van der Waals surface area contributed by atoms with E-state index in [4.69, 9.17) is 9.47 Å². The minimum absolute atomic E-state index is 0. The van der Waals surface area contributed by atoms with E-state index >= 15 is 0 Å². The van der Waals surface area contributed by atoms with E-state index in [9.17, 15) is 8.78 Å². The molecular weight excluding hydrogens is 517 g/mol. The first-order chi connectivity index (χ1) is 14.4. The summed E-state index contributed by atoms with van der Waals surface area (Å²) in [5.74, 6) is 0.790. The van der Waals surface area contributed by atoms with Crippen molar-refractivity contribution in [1.29, 1.82) is 0 Å². The zero-order chi connectivity index (χ0) is 22.1. The monoisotopic (exact) mass is 548 g/mol. The van der Waals surface area contributed by atoms with Crippen molar-refractivity contribution in [1.82, 2.24) is 15.5 Å². The van der Waals surface area contributed by atoms with E-state index in [0.717, 1.165) is 12.0 Å². The molecule has 2 aromatic rings. The topological polar surface area (TPSA) is 58.1 Å². The van der Waals surface area contributed by atoms with Crippen LogP contribution in [0.15, 0.2) is 41.4 Å². The molecule has 2 aromatic carbocycles. The summed E-state index contributed by atoms with van der Waals surface area (Å²) in [5.41, 5.74) is 1.12. The maximum Gasteiger partial charge on any atom is 0.191 e. The van der Waals surface area contributed by atoms with Crippen LogP contribution in [0.2, 0.25) is 0 Å². The van der Waals surface area contributed by atoms with Gasteiger partial charge in [-0.15, -0.1) is 24.0 Å². The summed E-state index contributed by atoms with van der Waals surface area (Å²) in [7, 11) is 8.42. The molecule has 2 N–H and O–H groups in total. The number of ether oxygens (including phenoxy) is 2.